The zero-order chi connectivity index (χ0) is 35.4. The Morgan fingerprint density at radius 2 is 0.745 bits per heavy atom. The predicted octanol–water partition coefficient (Wildman–Crippen LogP) is 14.0. The molecule has 0 radical (unpaired) electrons. The second kappa shape index (κ2) is 19.9. The fourth-order valence-corrected chi connectivity index (χ4v) is 10.9. The molecule has 282 valence electrons. The molecular formula is C46H69BF2O2. The first kappa shape index (κ1) is 38.7. The minimum absolute atomic E-state index is 0.166. The van der Waals surface area contributed by atoms with Crippen LogP contribution in [0.1, 0.15) is 191 Å². The van der Waals surface area contributed by atoms with Crippen LogP contribution in [0.3, 0.4) is 0 Å². The second-order valence-electron chi connectivity index (χ2n) is 17.7. The van der Waals surface area contributed by atoms with Crippen molar-refractivity contribution in [1.29, 1.82) is 0 Å². The Morgan fingerprint density at radius 1 is 0.451 bits per heavy atom. The third kappa shape index (κ3) is 11.5. The Hall–Kier alpha value is -2.04. The smallest absolute Gasteiger partial charge is 0.526 e. The lowest BCUT2D eigenvalue weighted by molar-refractivity contribution is 0.224. The average Bonchev–Trinajstić information content (AvgIpc) is 3.16. The van der Waals surface area contributed by atoms with Gasteiger partial charge in [-0.15, -0.1) is 0 Å². The van der Waals surface area contributed by atoms with Crippen LogP contribution in [0.5, 0.6) is 11.5 Å². The molecule has 0 amide bonds. The summed E-state index contributed by atoms with van der Waals surface area (Å²) in [5.74, 6) is 6.02. The van der Waals surface area contributed by atoms with E-state index < -0.39 is 0 Å². The summed E-state index contributed by atoms with van der Waals surface area (Å²) in [6.07, 6.45) is 32.3. The first-order valence-corrected chi connectivity index (χ1v) is 21.8. The van der Waals surface area contributed by atoms with Gasteiger partial charge in [0.2, 0.25) is 0 Å². The third-order valence-electron chi connectivity index (χ3n) is 14.3. The van der Waals surface area contributed by atoms with E-state index in [1.807, 2.05) is 12.1 Å². The van der Waals surface area contributed by atoms with Gasteiger partial charge in [0.25, 0.3) is 0 Å². The fourth-order valence-electron chi connectivity index (χ4n) is 10.9. The summed E-state index contributed by atoms with van der Waals surface area (Å²) in [5, 5.41) is 0. The van der Waals surface area contributed by atoms with Gasteiger partial charge in [0.05, 0.1) is 0 Å². The van der Waals surface area contributed by atoms with Crippen LogP contribution in [0.2, 0.25) is 0 Å². The number of benzene rings is 2. The van der Waals surface area contributed by atoms with E-state index in [1.54, 1.807) is 24.3 Å². The number of rotatable bonds is 16. The molecule has 4 aliphatic carbocycles. The second-order valence-corrected chi connectivity index (χ2v) is 17.7. The lowest BCUT2D eigenvalue weighted by Crippen LogP contribution is -2.18. The van der Waals surface area contributed by atoms with Gasteiger partial charge in [-0.05, 0) is 134 Å². The highest BCUT2D eigenvalue weighted by Gasteiger charge is 2.28. The summed E-state index contributed by atoms with van der Waals surface area (Å²) in [7, 11) is -0.219. The van der Waals surface area contributed by atoms with Gasteiger partial charge in [-0.3, -0.25) is 0 Å². The van der Waals surface area contributed by atoms with E-state index in [1.165, 1.54) is 128 Å². The highest BCUT2D eigenvalue weighted by atomic mass is 19.1. The molecule has 2 nitrogen and oxygen atoms in total. The molecule has 51 heavy (non-hydrogen) atoms. The van der Waals surface area contributed by atoms with Crippen LogP contribution in [0.25, 0.3) is 0 Å². The summed E-state index contributed by atoms with van der Waals surface area (Å²) in [4.78, 5) is 0. The molecule has 0 heterocycles. The van der Waals surface area contributed by atoms with E-state index in [0.717, 1.165) is 72.3 Å². The SMILES string of the molecule is CCCC1CCC(CCC2CCC(c3ccc(OBOc4ccc(C5CCC(CCC6CCC(CCC)CC6)CC5)cc4F)c(F)c3)CC2)CC1. The first-order valence-electron chi connectivity index (χ1n) is 21.8. The number of hydrogen-bond donors (Lipinski definition) is 0. The van der Waals surface area contributed by atoms with Crippen molar-refractivity contribution in [1.82, 2.24) is 0 Å². The normalized spacial score (nSPS) is 30.1. The summed E-state index contributed by atoms with van der Waals surface area (Å²) < 4.78 is 41.5. The van der Waals surface area contributed by atoms with Gasteiger partial charge in [-0.2, -0.15) is 0 Å². The lowest BCUT2D eigenvalue weighted by Gasteiger charge is -2.32. The molecular weight excluding hydrogens is 633 g/mol. The minimum atomic E-state index is -0.359. The molecule has 4 aliphatic rings. The standard InChI is InChI=1S/C46H69BF2O2/c1-3-5-33-7-11-35(12-8-33)15-17-37-19-23-39(24-20-37)41-27-29-45(43(48)31-41)50-47-51-46-30-28-42(32-44(46)49)40-25-21-38(22-26-40)18-16-36-13-9-34(6-4-2)10-14-36/h27-40,47H,3-26H2,1-2H3. The maximum Gasteiger partial charge on any atom is 0.576 e. The Morgan fingerprint density at radius 3 is 1.04 bits per heavy atom. The molecule has 4 saturated carbocycles. The molecule has 0 aliphatic heterocycles. The van der Waals surface area contributed by atoms with Crippen molar-refractivity contribution in [3.8, 4) is 11.5 Å². The van der Waals surface area contributed by atoms with Crippen molar-refractivity contribution in [3.05, 3.63) is 59.2 Å². The van der Waals surface area contributed by atoms with Gasteiger partial charge in [0.1, 0.15) is 11.5 Å². The largest absolute Gasteiger partial charge is 0.576 e. The maximum atomic E-state index is 15.1. The maximum absolute atomic E-state index is 15.1. The van der Waals surface area contributed by atoms with Crippen LogP contribution >= 0.6 is 0 Å². The van der Waals surface area contributed by atoms with Crippen molar-refractivity contribution in [2.45, 2.75) is 180 Å². The highest BCUT2D eigenvalue weighted by Crippen LogP contribution is 2.43. The highest BCUT2D eigenvalue weighted by molar-refractivity contribution is 6.20. The topological polar surface area (TPSA) is 18.5 Å². The van der Waals surface area contributed by atoms with Crippen LogP contribution < -0.4 is 9.31 Å². The predicted molar refractivity (Wildman–Crippen MR) is 210 cm³/mol. The molecule has 2 aromatic rings. The van der Waals surface area contributed by atoms with Gasteiger partial charge in [0, 0.05) is 0 Å². The van der Waals surface area contributed by atoms with Crippen molar-refractivity contribution in [3.63, 3.8) is 0 Å². The van der Waals surface area contributed by atoms with Gasteiger partial charge in [-0.25, -0.2) is 8.78 Å². The summed E-state index contributed by atoms with van der Waals surface area (Å²) in [6.45, 7) is 4.64. The van der Waals surface area contributed by atoms with Gasteiger partial charge in [-0.1, -0.05) is 129 Å². The molecule has 2 aromatic carbocycles. The summed E-state index contributed by atoms with van der Waals surface area (Å²) >= 11 is 0. The zero-order valence-electron chi connectivity index (χ0n) is 32.3. The lowest BCUT2D eigenvalue weighted by atomic mass is 9.74. The molecule has 0 N–H and O–H groups in total. The Balaban J connectivity index is 0.867. The molecule has 6 rings (SSSR count). The Kier molecular flexibility index (Phi) is 15.1. The quantitative estimate of drug-likeness (QED) is 0.162. The average molecular weight is 703 g/mol. The van der Waals surface area contributed by atoms with E-state index in [2.05, 4.69) is 13.8 Å². The molecule has 0 spiro atoms. The van der Waals surface area contributed by atoms with E-state index in [4.69, 9.17) is 9.31 Å². The van der Waals surface area contributed by atoms with Crippen molar-refractivity contribution in [2.75, 3.05) is 0 Å². The molecule has 4 fully saturated rings. The summed E-state index contributed by atoms with van der Waals surface area (Å²) in [6, 6.07) is 10.8. The van der Waals surface area contributed by atoms with Crippen LogP contribution in [-0.2, 0) is 0 Å². The minimum Gasteiger partial charge on any atom is -0.526 e. The van der Waals surface area contributed by atoms with Gasteiger partial charge >= 0.3 is 7.69 Å². The Bertz CT molecular complexity index is 1200. The third-order valence-corrected chi connectivity index (χ3v) is 14.3. The number of halogens is 2. The molecule has 0 bridgehead atoms. The fraction of sp³-hybridized carbons (Fsp3) is 0.739. The first-order chi connectivity index (χ1) is 25.0. The monoisotopic (exact) mass is 703 g/mol. The van der Waals surface area contributed by atoms with E-state index >= 15 is 8.78 Å². The van der Waals surface area contributed by atoms with Crippen LogP contribution in [0.4, 0.5) is 8.78 Å². The molecule has 0 unspecified atom stereocenters. The van der Waals surface area contributed by atoms with E-state index in [9.17, 15) is 0 Å². The molecule has 0 saturated heterocycles. The van der Waals surface area contributed by atoms with E-state index in [-0.39, 0.29) is 30.8 Å². The van der Waals surface area contributed by atoms with Crippen LogP contribution in [-0.4, -0.2) is 7.69 Å². The molecule has 5 heteroatoms. The van der Waals surface area contributed by atoms with Crippen LogP contribution in [0.15, 0.2) is 36.4 Å². The number of hydrogen-bond acceptors (Lipinski definition) is 2. The van der Waals surface area contributed by atoms with Crippen molar-refractivity contribution >= 4 is 7.69 Å². The van der Waals surface area contributed by atoms with E-state index in [0.29, 0.717) is 11.8 Å². The molecule has 0 atom stereocenters. The van der Waals surface area contributed by atoms with Gasteiger partial charge < -0.3 is 9.31 Å². The van der Waals surface area contributed by atoms with Crippen LogP contribution in [0, 0.1) is 47.1 Å². The van der Waals surface area contributed by atoms with Crippen molar-refractivity contribution < 1.29 is 18.1 Å². The van der Waals surface area contributed by atoms with Gasteiger partial charge in [0.15, 0.2) is 11.6 Å². The van der Waals surface area contributed by atoms with Crippen molar-refractivity contribution in [2.24, 2.45) is 35.5 Å². The molecule has 0 aromatic heterocycles. The summed E-state index contributed by atoms with van der Waals surface area (Å²) in [5.41, 5.74) is 2.16. The Labute approximate surface area is 310 Å². The zero-order valence-corrected chi connectivity index (χ0v) is 32.3.